The topological polar surface area (TPSA) is 72.9 Å². The van der Waals surface area contributed by atoms with Crippen molar-refractivity contribution in [1.29, 1.82) is 0 Å². The zero-order valence-electron chi connectivity index (χ0n) is 17.1. The van der Waals surface area contributed by atoms with Crippen molar-refractivity contribution in [2.24, 2.45) is 4.99 Å². The third kappa shape index (κ3) is 6.82. The highest BCUT2D eigenvalue weighted by atomic mass is 127. The number of aromatic nitrogens is 1. The fourth-order valence-corrected chi connectivity index (χ4v) is 3.18. The molecule has 0 bridgehead atoms. The SMILES string of the molecule is CCNC(=NCCNC(=O)c1cccnc1)N1CCN(c2ccc(F)cc2)CC1.I. The number of carbonyl (C=O) groups excluding carboxylic acids is 1. The molecule has 0 spiro atoms. The Morgan fingerprint density at radius 3 is 2.50 bits per heavy atom. The first-order valence-corrected chi connectivity index (χ1v) is 9.89. The van der Waals surface area contributed by atoms with Crippen LogP contribution in [0.25, 0.3) is 0 Å². The van der Waals surface area contributed by atoms with Crippen LogP contribution in [0.3, 0.4) is 0 Å². The van der Waals surface area contributed by atoms with Gasteiger partial charge in [0.25, 0.3) is 5.91 Å². The minimum Gasteiger partial charge on any atom is -0.368 e. The number of amides is 1. The van der Waals surface area contributed by atoms with Crippen LogP contribution in [0.5, 0.6) is 0 Å². The molecule has 1 amide bonds. The molecule has 0 atom stereocenters. The summed E-state index contributed by atoms with van der Waals surface area (Å²) in [6.45, 7) is 7.09. The highest BCUT2D eigenvalue weighted by Crippen LogP contribution is 2.16. The number of hydrogen-bond acceptors (Lipinski definition) is 4. The van der Waals surface area contributed by atoms with Crippen LogP contribution in [0.2, 0.25) is 0 Å². The van der Waals surface area contributed by atoms with Crippen molar-refractivity contribution in [2.75, 3.05) is 50.7 Å². The summed E-state index contributed by atoms with van der Waals surface area (Å²) >= 11 is 0. The molecule has 2 aromatic rings. The number of halogens is 2. The number of piperazine rings is 1. The zero-order valence-corrected chi connectivity index (χ0v) is 19.4. The first-order valence-electron chi connectivity index (χ1n) is 9.89. The molecule has 1 saturated heterocycles. The largest absolute Gasteiger partial charge is 0.368 e. The molecule has 3 rings (SSSR count). The van der Waals surface area contributed by atoms with Crippen LogP contribution in [-0.4, -0.2) is 67.6 Å². The van der Waals surface area contributed by atoms with Gasteiger partial charge in [0.15, 0.2) is 5.96 Å². The van der Waals surface area contributed by atoms with Gasteiger partial charge in [0.2, 0.25) is 0 Å². The highest BCUT2D eigenvalue weighted by molar-refractivity contribution is 14.0. The van der Waals surface area contributed by atoms with Crippen molar-refractivity contribution in [2.45, 2.75) is 6.92 Å². The molecule has 1 aliphatic rings. The van der Waals surface area contributed by atoms with Gasteiger partial charge in [-0.15, -0.1) is 24.0 Å². The molecular formula is C21H28FIN6O. The monoisotopic (exact) mass is 526 g/mol. The van der Waals surface area contributed by atoms with Gasteiger partial charge in [-0.25, -0.2) is 4.39 Å². The molecule has 0 radical (unpaired) electrons. The summed E-state index contributed by atoms with van der Waals surface area (Å²) in [6.07, 6.45) is 3.18. The molecule has 1 fully saturated rings. The van der Waals surface area contributed by atoms with Crippen LogP contribution in [0, 0.1) is 5.82 Å². The molecular weight excluding hydrogens is 498 g/mol. The van der Waals surface area contributed by atoms with Gasteiger partial charge in [0.1, 0.15) is 5.82 Å². The lowest BCUT2D eigenvalue weighted by molar-refractivity contribution is 0.0954. The van der Waals surface area contributed by atoms with Crippen LogP contribution in [0.1, 0.15) is 17.3 Å². The van der Waals surface area contributed by atoms with E-state index in [-0.39, 0.29) is 35.7 Å². The number of anilines is 1. The molecule has 2 N–H and O–H groups in total. The maximum Gasteiger partial charge on any atom is 0.252 e. The number of guanidine groups is 1. The van der Waals surface area contributed by atoms with Crippen LogP contribution in [0.15, 0.2) is 53.8 Å². The Balaban J connectivity index is 0.00000320. The Bertz CT molecular complexity index is 810. The molecule has 30 heavy (non-hydrogen) atoms. The molecule has 1 aliphatic heterocycles. The quantitative estimate of drug-likeness (QED) is 0.262. The minimum absolute atomic E-state index is 0. The Kier molecular flexibility index (Phi) is 9.78. The van der Waals surface area contributed by atoms with Crippen molar-refractivity contribution in [1.82, 2.24) is 20.5 Å². The van der Waals surface area contributed by atoms with Crippen LogP contribution in [0.4, 0.5) is 10.1 Å². The molecule has 9 heteroatoms. The van der Waals surface area contributed by atoms with Gasteiger partial charge in [-0.3, -0.25) is 14.8 Å². The van der Waals surface area contributed by atoms with E-state index < -0.39 is 0 Å². The second kappa shape index (κ2) is 12.3. The van der Waals surface area contributed by atoms with Crippen molar-refractivity contribution in [3.8, 4) is 0 Å². The van der Waals surface area contributed by atoms with Crippen molar-refractivity contribution >= 4 is 41.5 Å². The summed E-state index contributed by atoms with van der Waals surface area (Å²) in [6, 6.07) is 10.1. The number of aliphatic imine (C=N–C) groups is 1. The predicted molar refractivity (Wildman–Crippen MR) is 128 cm³/mol. The van der Waals surface area contributed by atoms with Gasteiger partial charge >= 0.3 is 0 Å². The van der Waals surface area contributed by atoms with E-state index in [1.165, 1.54) is 12.1 Å². The molecule has 162 valence electrons. The van der Waals surface area contributed by atoms with Gasteiger partial charge in [-0.1, -0.05) is 0 Å². The Morgan fingerprint density at radius 2 is 1.87 bits per heavy atom. The van der Waals surface area contributed by atoms with Crippen molar-refractivity contribution < 1.29 is 9.18 Å². The van der Waals surface area contributed by atoms with E-state index >= 15 is 0 Å². The lowest BCUT2D eigenvalue weighted by atomic mass is 10.2. The lowest BCUT2D eigenvalue weighted by Crippen LogP contribution is -2.52. The molecule has 0 aliphatic carbocycles. The molecule has 7 nitrogen and oxygen atoms in total. The predicted octanol–water partition coefficient (Wildman–Crippen LogP) is 2.36. The maximum atomic E-state index is 13.1. The minimum atomic E-state index is -0.218. The zero-order chi connectivity index (χ0) is 20.5. The summed E-state index contributed by atoms with van der Waals surface area (Å²) < 4.78 is 13.1. The fraction of sp³-hybridized carbons (Fsp3) is 0.381. The summed E-state index contributed by atoms with van der Waals surface area (Å²) in [5.41, 5.74) is 1.58. The summed E-state index contributed by atoms with van der Waals surface area (Å²) in [4.78, 5) is 25.1. The van der Waals surface area contributed by atoms with Gasteiger partial charge in [-0.05, 0) is 43.3 Å². The summed E-state index contributed by atoms with van der Waals surface area (Å²) in [7, 11) is 0. The standard InChI is InChI=1S/C21H27FN6O.HI/c1-2-24-21(26-11-10-25-20(29)17-4-3-9-23-16-17)28-14-12-27(13-15-28)19-7-5-18(22)6-8-19;/h3-9,16H,2,10-15H2,1H3,(H,24,26)(H,25,29);1H. The Hall–Kier alpha value is -2.43. The highest BCUT2D eigenvalue weighted by Gasteiger charge is 2.19. The van der Waals surface area contributed by atoms with E-state index in [0.717, 1.165) is 44.4 Å². The summed E-state index contributed by atoms with van der Waals surface area (Å²) in [5.74, 6) is 0.484. The van der Waals surface area contributed by atoms with Gasteiger partial charge in [0.05, 0.1) is 12.1 Å². The number of benzene rings is 1. The number of pyridine rings is 1. The average molecular weight is 526 g/mol. The van der Waals surface area contributed by atoms with Gasteiger partial charge in [-0.2, -0.15) is 0 Å². The van der Waals surface area contributed by atoms with E-state index in [1.54, 1.807) is 24.5 Å². The van der Waals surface area contributed by atoms with Gasteiger partial charge < -0.3 is 20.4 Å². The summed E-state index contributed by atoms with van der Waals surface area (Å²) in [5, 5.41) is 6.18. The van der Waals surface area contributed by atoms with Crippen molar-refractivity contribution in [3.63, 3.8) is 0 Å². The Labute approximate surface area is 193 Å². The first kappa shape index (κ1) is 23.8. The number of rotatable bonds is 6. The van der Waals surface area contributed by atoms with Crippen LogP contribution >= 0.6 is 24.0 Å². The second-order valence-electron chi connectivity index (χ2n) is 6.68. The number of hydrogen-bond donors (Lipinski definition) is 2. The Morgan fingerprint density at radius 1 is 1.13 bits per heavy atom. The number of nitrogens with zero attached hydrogens (tertiary/aromatic N) is 4. The van der Waals surface area contributed by atoms with Crippen LogP contribution < -0.4 is 15.5 Å². The third-order valence-electron chi connectivity index (χ3n) is 4.69. The lowest BCUT2D eigenvalue weighted by Gasteiger charge is -2.37. The van der Waals surface area contributed by atoms with E-state index in [4.69, 9.17) is 0 Å². The third-order valence-corrected chi connectivity index (χ3v) is 4.69. The normalized spacial score (nSPS) is 14.1. The first-order chi connectivity index (χ1) is 14.2. The van der Waals surface area contributed by atoms with E-state index in [1.807, 2.05) is 19.1 Å². The molecule has 2 heterocycles. The molecule has 1 aromatic carbocycles. The van der Waals surface area contributed by atoms with Crippen molar-refractivity contribution in [3.05, 3.63) is 60.2 Å². The maximum absolute atomic E-state index is 13.1. The fourth-order valence-electron chi connectivity index (χ4n) is 3.18. The second-order valence-corrected chi connectivity index (χ2v) is 6.68. The van der Waals surface area contributed by atoms with E-state index in [2.05, 4.69) is 30.4 Å². The number of carbonyl (C=O) groups is 1. The molecule has 1 aromatic heterocycles. The van der Waals surface area contributed by atoms with Crippen LogP contribution in [-0.2, 0) is 0 Å². The van der Waals surface area contributed by atoms with E-state index in [0.29, 0.717) is 18.7 Å². The number of nitrogens with one attached hydrogen (secondary N) is 2. The smallest absolute Gasteiger partial charge is 0.252 e. The van der Waals surface area contributed by atoms with Gasteiger partial charge in [0, 0.05) is 57.3 Å². The molecule has 0 unspecified atom stereocenters. The average Bonchev–Trinajstić information content (AvgIpc) is 2.77. The van der Waals surface area contributed by atoms with E-state index in [9.17, 15) is 9.18 Å². The molecule has 0 saturated carbocycles.